The van der Waals surface area contributed by atoms with Gasteiger partial charge in [0, 0.05) is 5.56 Å². The summed E-state index contributed by atoms with van der Waals surface area (Å²) in [4.78, 5) is 0. The maximum atomic E-state index is 9.98. The predicted octanol–water partition coefficient (Wildman–Crippen LogP) is 4.32. The highest BCUT2D eigenvalue weighted by Crippen LogP contribution is 2.37. The molecule has 2 aliphatic rings. The SMILES string of the molecule is Oc1ccccc1C1=CC(c2ccc3c(c2)C=CC3O)=CC1. The molecule has 1 atom stereocenters. The third-order valence-corrected chi connectivity index (χ3v) is 4.32. The number of aliphatic hydroxyl groups is 1. The van der Waals surface area contributed by atoms with Crippen molar-refractivity contribution >= 4 is 17.2 Å². The summed E-state index contributed by atoms with van der Waals surface area (Å²) in [6.07, 6.45) is 8.43. The smallest absolute Gasteiger partial charge is 0.123 e. The van der Waals surface area contributed by atoms with E-state index in [9.17, 15) is 10.2 Å². The van der Waals surface area contributed by atoms with E-state index >= 15 is 0 Å². The molecule has 1 unspecified atom stereocenters. The number of aliphatic hydroxyl groups excluding tert-OH is 1. The number of phenols is 1. The summed E-state index contributed by atoms with van der Waals surface area (Å²) in [7, 11) is 0. The minimum Gasteiger partial charge on any atom is -0.507 e. The molecule has 4 rings (SSSR count). The monoisotopic (exact) mass is 288 g/mol. The molecule has 0 aliphatic heterocycles. The molecule has 0 saturated heterocycles. The number of hydrogen-bond acceptors (Lipinski definition) is 2. The molecule has 0 spiro atoms. The van der Waals surface area contributed by atoms with Crippen molar-refractivity contribution in [2.24, 2.45) is 0 Å². The Balaban J connectivity index is 1.68. The van der Waals surface area contributed by atoms with Crippen molar-refractivity contribution in [2.45, 2.75) is 12.5 Å². The van der Waals surface area contributed by atoms with Crippen LogP contribution in [0.25, 0.3) is 17.2 Å². The van der Waals surface area contributed by atoms with Gasteiger partial charge in [-0.1, -0.05) is 54.6 Å². The first-order valence-corrected chi connectivity index (χ1v) is 7.42. The zero-order valence-electron chi connectivity index (χ0n) is 12.0. The normalized spacial score (nSPS) is 19.0. The molecule has 2 heteroatoms. The van der Waals surface area contributed by atoms with E-state index in [-0.39, 0.29) is 0 Å². The Morgan fingerprint density at radius 2 is 1.91 bits per heavy atom. The molecule has 0 heterocycles. The Hall–Kier alpha value is -2.58. The molecule has 0 saturated carbocycles. The van der Waals surface area contributed by atoms with Gasteiger partial charge in [-0.15, -0.1) is 0 Å². The van der Waals surface area contributed by atoms with Crippen LogP contribution in [-0.2, 0) is 0 Å². The van der Waals surface area contributed by atoms with Crippen molar-refractivity contribution in [1.82, 2.24) is 0 Å². The third-order valence-electron chi connectivity index (χ3n) is 4.32. The van der Waals surface area contributed by atoms with E-state index < -0.39 is 6.10 Å². The van der Waals surface area contributed by atoms with Gasteiger partial charge in [0.15, 0.2) is 0 Å². The molecule has 2 N–H and O–H groups in total. The van der Waals surface area contributed by atoms with Crippen LogP contribution in [0.3, 0.4) is 0 Å². The molecule has 108 valence electrons. The van der Waals surface area contributed by atoms with Gasteiger partial charge in [-0.05, 0) is 46.4 Å². The number of fused-ring (bicyclic) bond motifs is 1. The molecule has 2 nitrogen and oxygen atoms in total. The van der Waals surface area contributed by atoms with E-state index in [4.69, 9.17) is 0 Å². The second kappa shape index (κ2) is 5.00. The summed E-state index contributed by atoms with van der Waals surface area (Å²) in [5.74, 6) is 0.323. The van der Waals surface area contributed by atoms with Gasteiger partial charge in [0.2, 0.25) is 0 Å². The van der Waals surface area contributed by atoms with Crippen molar-refractivity contribution in [3.8, 4) is 5.75 Å². The molecule has 0 fully saturated rings. The minimum absolute atomic E-state index is 0.323. The fourth-order valence-electron chi connectivity index (χ4n) is 3.13. The topological polar surface area (TPSA) is 40.5 Å². The highest BCUT2D eigenvalue weighted by Gasteiger charge is 2.17. The Morgan fingerprint density at radius 1 is 1.05 bits per heavy atom. The Kier molecular flexibility index (Phi) is 2.98. The number of aromatic hydroxyl groups is 1. The summed E-state index contributed by atoms with van der Waals surface area (Å²) in [6.45, 7) is 0. The molecular formula is C20H16O2. The number of benzene rings is 2. The van der Waals surface area contributed by atoms with E-state index in [1.54, 1.807) is 12.1 Å². The second-order valence-electron chi connectivity index (χ2n) is 5.70. The number of allylic oxidation sites excluding steroid dienone is 4. The molecule has 0 radical (unpaired) electrons. The van der Waals surface area contributed by atoms with Crippen LogP contribution in [0.4, 0.5) is 0 Å². The Labute approximate surface area is 129 Å². The lowest BCUT2D eigenvalue weighted by Gasteiger charge is -2.07. The van der Waals surface area contributed by atoms with E-state index in [1.165, 1.54) is 0 Å². The average Bonchev–Trinajstić information content (AvgIpc) is 3.15. The first kappa shape index (κ1) is 13.1. The van der Waals surface area contributed by atoms with Crippen LogP contribution in [0.5, 0.6) is 5.75 Å². The van der Waals surface area contributed by atoms with Crippen LogP contribution >= 0.6 is 0 Å². The lowest BCUT2D eigenvalue weighted by molar-refractivity contribution is 0.232. The van der Waals surface area contributed by atoms with Crippen LogP contribution in [0.1, 0.15) is 34.8 Å². The van der Waals surface area contributed by atoms with Crippen LogP contribution in [-0.4, -0.2) is 10.2 Å². The fraction of sp³-hybridized carbons (Fsp3) is 0.100. The van der Waals surface area contributed by atoms with E-state index in [0.29, 0.717) is 5.75 Å². The molecule has 2 aromatic rings. The highest BCUT2D eigenvalue weighted by molar-refractivity contribution is 5.91. The number of hydrogen-bond donors (Lipinski definition) is 2. The lowest BCUT2D eigenvalue weighted by Crippen LogP contribution is -1.91. The van der Waals surface area contributed by atoms with E-state index in [0.717, 1.165) is 39.8 Å². The lowest BCUT2D eigenvalue weighted by atomic mass is 10.00. The minimum atomic E-state index is -0.478. The van der Waals surface area contributed by atoms with Gasteiger partial charge in [-0.2, -0.15) is 0 Å². The van der Waals surface area contributed by atoms with Crippen molar-refractivity contribution in [3.63, 3.8) is 0 Å². The maximum Gasteiger partial charge on any atom is 0.123 e. The standard InChI is InChI=1S/C20H16O2/c21-19-4-2-1-3-17(19)15-6-5-13(11-15)14-7-9-18-16(12-14)8-10-20(18)22/h1-5,7-12,20-22H,6H2. The number of para-hydroxylation sites is 1. The number of rotatable bonds is 2. The predicted molar refractivity (Wildman–Crippen MR) is 89.1 cm³/mol. The zero-order chi connectivity index (χ0) is 15.1. The van der Waals surface area contributed by atoms with Crippen molar-refractivity contribution in [3.05, 3.63) is 82.9 Å². The molecule has 0 bridgehead atoms. The summed E-state index contributed by atoms with van der Waals surface area (Å²) in [5.41, 5.74) is 6.37. The maximum absolute atomic E-state index is 9.98. The number of phenolic OH excluding ortho intramolecular Hbond substituents is 1. The fourth-order valence-corrected chi connectivity index (χ4v) is 3.13. The van der Waals surface area contributed by atoms with Gasteiger partial charge in [0.25, 0.3) is 0 Å². The second-order valence-corrected chi connectivity index (χ2v) is 5.70. The largest absolute Gasteiger partial charge is 0.507 e. The summed E-state index contributed by atoms with van der Waals surface area (Å²) < 4.78 is 0. The van der Waals surface area contributed by atoms with Crippen LogP contribution in [0.15, 0.2) is 60.7 Å². The van der Waals surface area contributed by atoms with Gasteiger partial charge in [0.05, 0.1) is 6.10 Å². The van der Waals surface area contributed by atoms with Crippen LogP contribution < -0.4 is 0 Å². The molecular weight excluding hydrogens is 272 g/mol. The van der Waals surface area contributed by atoms with Crippen molar-refractivity contribution < 1.29 is 10.2 Å². The molecule has 2 aliphatic carbocycles. The van der Waals surface area contributed by atoms with Gasteiger partial charge in [0.1, 0.15) is 5.75 Å². The molecule has 0 aromatic heterocycles. The molecule has 22 heavy (non-hydrogen) atoms. The van der Waals surface area contributed by atoms with Crippen molar-refractivity contribution in [1.29, 1.82) is 0 Å². The first-order chi connectivity index (χ1) is 10.7. The van der Waals surface area contributed by atoms with E-state index in [2.05, 4.69) is 18.2 Å². The summed E-state index contributed by atoms with van der Waals surface area (Å²) in [6, 6.07) is 13.6. The quantitative estimate of drug-likeness (QED) is 0.864. The Morgan fingerprint density at radius 3 is 2.77 bits per heavy atom. The summed E-state index contributed by atoms with van der Waals surface area (Å²) >= 11 is 0. The summed E-state index contributed by atoms with van der Waals surface area (Å²) in [5, 5.41) is 19.8. The van der Waals surface area contributed by atoms with Gasteiger partial charge >= 0.3 is 0 Å². The van der Waals surface area contributed by atoms with Gasteiger partial charge < -0.3 is 10.2 Å². The van der Waals surface area contributed by atoms with Gasteiger partial charge in [-0.3, -0.25) is 0 Å². The van der Waals surface area contributed by atoms with Gasteiger partial charge in [-0.25, -0.2) is 0 Å². The average molecular weight is 288 g/mol. The zero-order valence-corrected chi connectivity index (χ0v) is 12.0. The van der Waals surface area contributed by atoms with Crippen molar-refractivity contribution in [2.75, 3.05) is 0 Å². The first-order valence-electron chi connectivity index (χ1n) is 7.42. The van der Waals surface area contributed by atoms with Crippen LogP contribution in [0, 0.1) is 0 Å². The molecule has 2 aromatic carbocycles. The van der Waals surface area contributed by atoms with Crippen LogP contribution in [0.2, 0.25) is 0 Å². The Bertz CT molecular complexity index is 841. The highest BCUT2D eigenvalue weighted by atomic mass is 16.3. The van der Waals surface area contributed by atoms with E-state index in [1.807, 2.05) is 36.4 Å². The third kappa shape index (κ3) is 2.09. The molecule has 0 amide bonds.